The van der Waals surface area contributed by atoms with Crippen molar-refractivity contribution in [3.63, 3.8) is 0 Å². The molecule has 0 bridgehead atoms. The summed E-state index contributed by atoms with van der Waals surface area (Å²) in [6.07, 6.45) is 2.51. The maximum absolute atomic E-state index is 11.6. The van der Waals surface area contributed by atoms with Crippen LogP contribution in [0.3, 0.4) is 0 Å². The summed E-state index contributed by atoms with van der Waals surface area (Å²) in [7, 11) is 0. The van der Waals surface area contributed by atoms with Gasteiger partial charge in [-0.3, -0.25) is 4.79 Å². The monoisotopic (exact) mass is 228 g/mol. The highest BCUT2D eigenvalue weighted by atomic mass is 16.3. The van der Waals surface area contributed by atoms with Gasteiger partial charge < -0.3 is 5.11 Å². The standard InChI is InChI=1S/C15H16O2/c16-14-9-5-4-8-13(14)15(17)11-10-12-6-2-1-3-7-12/h1-3,6-7,13,15,17H,4-5,8-9H2/t13-,15-/m1/s1. The summed E-state index contributed by atoms with van der Waals surface area (Å²) in [5, 5.41) is 9.91. The lowest BCUT2D eigenvalue weighted by atomic mass is 9.84. The van der Waals surface area contributed by atoms with Crippen LogP contribution in [0.1, 0.15) is 31.2 Å². The third-order valence-electron chi connectivity index (χ3n) is 3.12. The summed E-state index contributed by atoms with van der Waals surface area (Å²) in [5.74, 6) is 5.57. The van der Waals surface area contributed by atoms with Gasteiger partial charge in [0, 0.05) is 12.0 Å². The summed E-state index contributed by atoms with van der Waals surface area (Å²) in [4.78, 5) is 11.6. The van der Waals surface area contributed by atoms with Crippen LogP contribution in [0.15, 0.2) is 30.3 Å². The molecule has 2 rings (SSSR count). The number of aliphatic hydroxyl groups is 1. The van der Waals surface area contributed by atoms with Gasteiger partial charge in [-0.25, -0.2) is 0 Å². The Morgan fingerprint density at radius 1 is 1.24 bits per heavy atom. The van der Waals surface area contributed by atoms with E-state index in [2.05, 4.69) is 11.8 Å². The van der Waals surface area contributed by atoms with Crippen molar-refractivity contribution in [1.29, 1.82) is 0 Å². The predicted molar refractivity (Wildman–Crippen MR) is 66.3 cm³/mol. The maximum Gasteiger partial charge on any atom is 0.139 e. The molecule has 0 aromatic heterocycles. The van der Waals surface area contributed by atoms with Gasteiger partial charge in [0.15, 0.2) is 0 Å². The van der Waals surface area contributed by atoms with Crippen molar-refractivity contribution in [3.05, 3.63) is 35.9 Å². The molecular formula is C15H16O2. The SMILES string of the molecule is O=C1CCCC[C@H]1[C@H](O)C#Cc1ccccc1. The van der Waals surface area contributed by atoms with E-state index in [-0.39, 0.29) is 11.7 Å². The Hall–Kier alpha value is -1.59. The number of ketones is 1. The summed E-state index contributed by atoms with van der Waals surface area (Å²) < 4.78 is 0. The van der Waals surface area contributed by atoms with Gasteiger partial charge in [0.25, 0.3) is 0 Å². The molecule has 2 heteroatoms. The van der Waals surface area contributed by atoms with E-state index < -0.39 is 6.10 Å². The number of hydrogen-bond donors (Lipinski definition) is 1. The van der Waals surface area contributed by atoms with Crippen molar-refractivity contribution in [1.82, 2.24) is 0 Å². The highest BCUT2D eigenvalue weighted by Crippen LogP contribution is 2.23. The minimum Gasteiger partial charge on any atom is -0.380 e. The van der Waals surface area contributed by atoms with Gasteiger partial charge in [-0.2, -0.15) is 0 Å². The molecule has 0 amide bonds. The normalized spacial score (nSPS) is 21.5. The highest BCUT2D eigenvalue weighted by Gasteiger charge is 2.27. The molecule has 0 spiro atoms. The number of carbonyl (C=O) groups is 1. The lowest BCUT2D eigenvalue weighted by Crippen LogP contribution is -2.29. The van der Waals surface area contributed by atoms with E-state index in [1.165, 1.54) is 0 Å². The molecule has 1 aromatic carbocycles. The number of carbonyl (C=O) groups excluding carboxylic acids is 1. The third-order valence-corrected chi connectivity index (χ3v) is 3.12. The topological polar surface area (TPSA) is 37.3 Å². The van der Waals surface area contributed by atoms with E-state index in [9.17, 15) is 9.90 Å². The second-order valence-electron chi connectivity index (χ2n) is 4.40. The fourth-order valence-corrected chi connectivity index (χ4v) is 2.12. The molecule has 1 N–H and O–H groups in total. The number of Topliss-reactive ketones (excluding diaryl/α,β-unsaturated/α-hetero) is 1. The highest BCUT2D eigenvalue weighted by molar-refractivity contribution is 5.82. The molecule has 1 aliphatic rings. The molecule has 2 atom stereocenters. The largest absolute Gasteiger partial charge is 0.380 e. The van der Waals surface area contributed by atoms with Gasteiger partial charge in [-0.1, -0.05) is 36.5 Å². The van der Waals surface area contributed by atoms with E-state index >= 15 is 0 Å². The molecule has 1 aromatic rings. The van der Waals surface area contributed by atoms with Gasteiger partial charge >= 0.3 is 0 Å². The first kappa shape index (κ1) is 11.9. The average molecular weight is 228 g/mol. The molecule has 2 nitrogen and oxygen atoms in total. The summed E-state index contributed by atoms with van der Waals surface area (Å²) in [6, 6.07) is 9.52. The molecule has 1 saturated carbocycles. The molecule has 0 aliphatic heterocycles. The minimum atomic E-state index is -0.817. The Balaban J connectivity index is 2.04. The van der Waals surface area contributed by atoms with E-state index in [0.29, 0.717) is 6.42 Å². The molecule has 1 aliphatic carbocycles. The van der Waals surface area contributed by atoms with Crippen molar-refractivity contribution in [2.45, 2.75) is 31.8 Å². The lowest BCUT2D eigenvalue weighted by Gasteiger charge is -2.21. The van der Waals surface area contributed by atoms with Crippen molar-refractivity contribution in [2.24, 2.45) is 5.92 Å². The summed E-state index contributed by atoms with van der Waals surface area (Å²) in [5.41, 5.74) is 0.870. The van der Waals surface area contributed by atoms with Crippen LogP contribution in [0.4, 0.5) is 0 Å². The van der Waals surface area contributed by atoms with Gasteiger partial charge in [0.05, 0.1) is 5.92 Å². The zero-order chi connectivity index (χ0) is 12.1. The number of rotatable bonds is 1. The van der Waals surface area contributed by atoms with E-state index in [1.54, 1.807) is 0 Å². The minimum absolute atomic E-state index is 0.158. The number of hydrogen-bond acceptors (Lipinski definition) is 2. The van der Waals surface area contributed by atoms with Crippen LogP contribution in [-0.2, 0) is 4.79 Å². The second kappa shape index (κ2) is 5.65. The van der Waals surface area contributed by atoms with Crippen LogP contribution in [0.5, 0.6) is 0 Å². The Morgan fingerprint density at radius 2 is 2.00 bits per heavy atom. The third kappa shape index (κ3) is 3.18. The molecule has 0 heterocycles. The Labute approximate surface area is 102 Å². The zero-order valence-electron chi connectivity index (χ0n) is 9.73. The van der Waals surface area contributed by atoms with Gasteiger partial charge in [0.1, 0.15) is 11.9 Å². The molecule has 0 radical (unpaired) electrons. The zero-order valence-corrected chi connectivity index (χ0v) is 9.73. The Bertz CT molecular complexity index is 439. The summed E-state index contributed by atoms with van der Waals surface area (Å²) >= 11 is 0. The molecule has 0 saturated heterocycles. The van der Waals surface area contributed by atoms with E-state index in [4.69, 9.17) is 0 Å². The molecule has 88 valence electrons. The smallest absolute Gasteiger partial charge is 0.139 e. The van der Waals surface area contributed by atoms with Crippen molar-refractivity contribution >= 4 is 5.78 Å². The molecular weight excluding hydrogens is 212 g/mol. The molecule has 17 heavy (non-hydrogen) atoms. The predicted octanol–water partition coefficient (Wildman–Crippen LogP) is 2.16. The Kier molecular flexibility index (Phi) is 3.95. The molecule has 0 unspecified atom stereocenters. The first-order chi connectivity index (χ1) is 8.27. The lowest BCUT2D eigenvalue weighted by molar-refractivity contribution is -0.127. The second-order valence-corrected chi connectivity index (χ2v) is 4.40. The van der Waals surface area contributed by atoms with Crippen LogP contribution in [-0.4, -0.2) is 17.0 Å². The van der Waals surface area contributed by atoms with Crippen molar-refractivity contribution in [3.8, 4) is 11.8 Å². The van der Waals surface area contributed by atoms with Crippen LogP contribution < -0.4 is 0 Å². The quantitative estimate of drug-likeness (QED) is 0.748. The van der Waals surface area contributed by atoms with Gasteiger partial charge in [-0.15, -0.1) is 0 Å². The van der Waals surface area contributed by atoms with Crippen molar-refractivity contribution in [2.75, 3.05) is 0 Å². The maximum atomic E-state index is 11.6. The number of benzene rings is 1. The fraction of sp³-hybridized carbons (Fsp3) is 0.400. The number of aliphatic hydroxyl groups excluding tert-OH is 1. The first-order valence-electron chi connectivity index (χ1n) is 6.05. The first-order valence-corrected chi connectivity index (χ1v) is 6.05. The van der Waals surface area contributed by atoms with Crippen LogP contribution in [0, 0.1) is 17.8 Å². The van der Waals surface area contributed by atoms with E-state index in [1.807, 2.05) is 30.3 Å². The fourth-order valence-electron chi connectivity index (χ4n) is 2.12. The van der Waals surface area contributed by atoms with E-state index in [0.717, 1.165) is 24.8 Å². The van der Waals surface area contributed by atoms with Crippen molar-refractivity contribution < 1.29 is 9.90 Å². The van der Waals surface area contributed by atoms with Crippen LogP contribution in [0.2, 0.25) is 0 Å². The van der Waals surface area contributed by atoms with Gasteiger partial charge in [-0.05, 0) is 25.0 Å². The molecule has 1 fully saturated rings. The summed E-state index contributed by atoms with van der Waals surface area (Å²) in [6.45, 7) is 0. The average Bonchev–Trinajstić information content (AvgIpc) is 2.38. The Morgan fingerprint density at radius 3 is 2.71 bits per heavy atom. The van der Waals surface area contributed by atoms with Crippen LogP contribution in [0.25, 0.3) is 0 Å². The van der Waals surface area contributed by atoms with Gasteiger partial charge in [0.2, 0.25) is 0 Å². The van der Waals surface area contributed by atoms with Crippen LogP contribution >= 0.6 is 0 Å².